The van der Waals surface area contributed by atoms with Gasteiger partial charge < -0.3 is 15.0 Å². The van der Waals surface area contributed by atoms with E-state index in [0.29, 0.717) is 31.2 Å². The van der Waals surface area contributed by atoms with Gasteiger partial charge in [-0.15, -0.1) is 0 Å². The SMILES string of the molecule is N#Cc1ccc(COCC2CCN(C(=O)NCCc3ccccc3)CC2)cc1. The molecule has 0 radical (unpaired) electrons. The molecule has 0 unspecified atom stereocenters. The Kier molecular flexibility index (Phi) is 7.45. The predicted octanol–water partition coefficient (Wildman–Crippen LogP) is 3.74. The van der Waals surface area contributed by atoms with E-state index < -0.39 is 0 Å². The third-order valence-electron chi connectivity index (χ3n) is 5.14. The summed E-state index contributed by atoms with van der Waals surface area (Å²) >= 11 is 0. The average molecular weight is 377 g/mol. The Bertz CT molecular complexity index is 776. The number of nitrogens with zero attached hydrogens (tertiary/aromatic N) is 2. The van der Waals surface area contributed by atoms with E-state index in [-0.39, 0.29) is 6.03 Å². The van der Waals surface area contributed by atoms with Crippen LogP contribution < -0.4 is 5.32 Å². The quantitative estimate of drug-likeness (QED) is 0.799. The Morgan fingerprint density at radius 3 is 2.46 bits per heavy atom. The van der Waals surface area contributed by atoms with Crippen molar-refractivity contribution in [3.8, 4) is 6.07 Å². The van der Waals surface area contributed by atoms with Crippen molar-refractivity contribution in [1.82, 2.24) is 10.2 Å². The number of ether oxygens (including phenoxy) is 1. The summed E-state index contributed by atoms with van der Waals surface area (Å²) in [5, 5.41) is 11.8. The van der Waals surface area contributed by atoms with Crippen LogP contribution in [0.15, 0.2) is 54.6 Å². The molecule has 1 aliphatic rings. The fourth-order valence-electron chi connectivity index (χ4n) is 3.39. The molecule has 1 saturated heterocycles. The first-order valence-electron chi connectivity index (χ1n) is 9.88. The Morgan fingerprint density at radius 2 is 1.79 bits per heavy atom. The van der Waals surface area contributed by atoms with E-state index in [1.165, 1.54) is 5.56 Å². The number of rotatable bonds is 7. The van der Waals surface area contributed by atoms with Crippen LogP contribution in [0.2, 0.25) is 0 Å². The summed E-state index contributed by atoms with van der Waals surface area (Å²) in [5.74, 6) is 0.492. The van der Waals surface area contributed by atoms with Gasteiger partial charge in [0.1, 0.15) is 0 Å². The molecular formula is C23H27N3O2. The maximum Gasteiger partial charge on any atom is 0.317 e. The van der Waals surface area contributed by atoms with Crippen LogP contribution in [0.5, 0.6) is 0 Å². The summed E-state index contributed by atoms with van der Waals surface area (Å²) in [4.78, 5) is 14.2. The maximum absolute atomic E-state index is 12.3. The Balaban J connectivity index is 1.30. The fraction of sp³-hybridized carbons (Fsp3) is 0.391. The van der Waals surface area contributed by atoms with Crippen molar-refractivity contribution in [3.05, 3.63) is 71.3 Å². The zero-order valence-corrected chi connectivity index (χ0v) is 16.1. The van der Waals surface area contributed by atoms with Gasteiger partial charge in [0.2, 0.25) is 0 Å². The highest BCUT2D eigenvalue weighted by atomic mass is 16.5. The van der Waals surface area contributed by atoms with Gasteiger partial charge in [-0.1, -0.05) is 42.5 Å². The van der Waals surface area contributed by atoms with E-state index in [4.69, 9.17) is 10.00 Å². The van der Waals surface area contributed by atoms with Gasteiger partial charge in [0, 0.05) is 26.2 Å². The molecule has 0 aromatic heterocycles. The highest BCUT2D eigenvalue weighted by molar-refractivity contribution is 5.74. The summed E-state index contributed by atoms with van der Waals surface area (Å²) in [6, 6.07) is 19.8. The predicted molar refractivity (Wildman–Crippen MR) is 109 cm³/mol. The fourth-order valence-corrected chi connectivity index (χ4v) is 3.39. The molecule has 1 fully saturated rings. The molecule has 0 bridgehead atoms. The number of benzene rings is 2. The molecular weight excluding hydrogens is 350 g/mol. The molecule has 0 saturated carbocycles. The van der Waals surface area contributed by atoms with Crippen LogP contribution >= 0.6 is 0 Å². The highest BCUT2D eigenvalue weighted by Crippen LogP contribution is 2.18. The topological polar surface area (TPSA) is 65.4 Å². The normalized spacial score (nSPS) is 14.5. The van der Waals surface area contributed by atoms with Crippen molar-refractivity contribution >= 4 is 6.03 Å². The van der Waals surface area contributed by atoms with E-state index >= 15 is 0 Å². The number of hydrogen-bond acceptors (Lipinski definition) is 3. The number of carbonyl (C=O) groups excluding carboxylic acids is 1. The Hall–Kier alpha value is -2.84. The number of piperidine rings is 1. The minimum atomic E-state index is 0.0351. The molecule has 1 heterocycles. The number of nitriles is 1. The molecule has 5 heteroatoms. The average Bonchev–Trinajstić information content (AvgIpc) is 2.75. The summed E-state index contributed by atoms with van der Waals surface area (Å²) in [6.07, 6.45) is 2.80. The van der Waals surface area contributed by atoms with Crippen LogP contribution in [0, 0.1) is 17.2 Å². The van der Waals surface area contributed by atoms with Gasteiger partial charge in [-0.05, 0) is 48.4 Å². The van der Waals surface area contributed by atoms with Crippen LogP contribution in [-0.4, -0.2) is 37.2 Å². The molecule has 2 aromatic carbocycles. The number of urea groups is 1. The smallest absolute Gasteiger partial charge is 0.317 e. The van der Waals surface area contributed by atoms with Crippen molar-refractivity contribution in [2.24, 2.45) is 5.92 Å². The van der Waals surface area contributed by atoms with Crippen molar-refractivity contribution in [3.63, 3.8) is 0 Å². The summed E-state index contributed by atoms with van der Waals surface area (Å²) in [7, 11) is 0. The van der Waals surface area contributed by atoms with Gasteiger partial charge in [0.25, 0.3) is 0 Å². The standard InChI is InChI=1S/C23H27N3O2/c24-16-20-6-8-21(9-7-20)17-28-18-22-11-14-26(15-12-22)23(27)25-13-10-19-4-2-1-3-5-19/h1-9,22H,10-15,17-18H2,(H,25,27). The van der Waals surface area contributed by atoms with E-state index in [1.807, 2.05) is 47.4 Å². The first-order valence-corrected chi connectivity index (χ1v) is 9.88. The largest absolute Gasteiger partial charge is 0.376 e. The van der Waals surface area contributed by atoms with Gasteiger partial charge in [-0.3, -0.25) is 0 Å². The van der Waals surface area contributed by atoms with Crippen molar-refractivity contribution in [1.29, 1.82) is 5.26 Å². The maximum atomic E-state index is 12.3. The first kappa shape index (κ1) is 19.9. The van der Waals surface area contributed by atoms with Crippen molar-refractivity contribution in [2.75, 3.05) is 26.2 Å². The molecule has 3 rings (SSSR count). The van der Waals surface area contributed by atoms with E-state index in [9.17, 15) is 4.79 Å². The lowest BCUT2D eigenvalue weighted by Crippen LogP contribution is -2.45. The second kappa shape index (κ2) is 10.5. The minimum Gasteiger partial charge on any atom is -0.376 e. The first-order chi connectivity index (χ1) is 13.7. The molecule has 28 heavy (non-hydrogen) atoms. The van der Waals surface area contributed by atoms with Gasteiger partial charge in [0.05, 0.1) is 18.2 Å². The molecule has 1 N–H and O–H groups in total. The monoisotopic (exact) mass is 377 g/mol. The van der Waals surface area contributed by atoms with Gasteiger partial charge in [-0.2, -0.15) is 5.26 Å². The number of carbonyl (C=O) groups is 1. The molecule has 0 spiro atoms. The second-order valence-corrected chi connectivity index (χ2v) is 7.22. The Morgan fingerprint density at radius 1 is 1.07 bits per heavy atom. The van der Waals surface area contributed by atoms with Gasteiger partial charge in [0.15, 0.2) is 0 Å². The lowest BCUT2D eigenvalue weighted by Gasteiger charge is -2.32. The summed E-state index contributed by atoms with van der Waals surface area (Å²) in [5.41, 5.74) is 2.98. The van der Waals surface area contributed by atoms with Crippen LogP contribution in [-0.2, 0) is 17.8 Å². The van der Waals surface area contributed by atoms with E-state index in [2.05, 4.69) is 23.5 Å². The molecule has 0 aliphatic carbocycles. The molecule has 5 nitrogen and oxygen atoms in total. The van der Waals surface area contributed by atoms with Crippen LogP contribution in [0.3, 0.4) is 0 Å². The lowest BCUT2D eigenvalue weighted by molar-refractivity contribution is 0.0629. The molecule has 1 aliphatic heterocycles. The second-order valence-electron chi connectivity index (χ2n) is 7.22. The van der Waals surface area contributed by atoms with Crippen LogP contribution in [0.1, 0.15) is 29.5 Å². The number of nitrogens with one attached hydrogen (secondary N) is 1. The van der Waals surface area contributed by atoms with Gasteiger partial charge in [-0.25, -0.2) is 4.79 Å². The van der Waals surface area contributed by atoms with Gasteiger partial charge >= 0.3 is 6.03 Å². The number of likely N-dealkylation sites (tertiary alicyclic amines) is 1. The molecule has 0 atom stereocenters. The number of hydrogen-bond donors (Lipinski definition) is 1. The minimum absolute atomic E-state index is 0.0351. The molecule has 146 valence electrons. The third kappa shape index (κ3) is 6.11. The van der Waals surface area contributed by atoms with E-state index in [1.54, 1.807) is 0 Å². The number of amides is 2. The van der Waals surface area contributed by atoms with E-state index in [0.717, 1.165) is 37.9 Å². The third-order valence-corrected chi connectivity index (χ3v) is 5.14. The highest BCUT2D eigenvalue weighted by Gasteiger charge is 2.22. The zero-order valence-electron chi connectivity index (χ0n) is 16.1. The van der Waals surface area contributed by atoms with Crippen LogP contribution in [0.25, 0.3) is 0 Å². The molecule has 2 amide bonds. The summed E-state index contributed by atoms with van der Waals surface area (Å²) in [6.45, 7) is 3.50. The summed E-state index contributed by atoms with van der Waals surface area (Å²) < 4.78 is 5.84. The lowest BCUT2D eigenvalue weighted by atomic mass is 9.98. The Labute approximate surface area is 166 Å². The van der Waals surface area contributed by atoms with Crippen LogP contribution in [0.4, 0.5) is 4.79 Å². The van der Waals surface area contributed by atoms with Crippen molar-refractivity contribution < 1.29 is 9.53 Å². The zero-order chi connectivity index (χ0) is 19.6. The van der Waals surface area contributed by atoms with Crippen molar-refractivity contribution in [2.45, 2.75) is 25.9 Å². The molecule has 2 aromatic rings.